The van der Waals surface area contributed by atoms with Gasteiger partial charge in [0.1, 0.15) is 21.8 Å². The van der Waals surface area contributed by atoms with Gasteiger partial charge in [0, 0.05) is 35.6 Å². The van der Waals surface area contributed by atoms with E-state index in [0.717, 1.165) is 16.4 Å². The minimum atomic E-state index is -3.78. The first-order chi connectivity index (χ1) is 15.3. The molecule has 1 atom stereocenters. The number of sulfonamides is 1. The summed E-state index contributed by atoms with van der Waals surface area (Å²) in [6.07, 6.45) is 1.22. The van der Waals surface area contributed by atoms with Crippen molar-refractivity contribution in [1.82, 2.24) is 9.46 Å². The summed E-state index contributed by atoms with van der Waals surface area (Å²) in [6.45, 7) is 3.66. The quantitative estimate of drug-likeness (QED) is 0.496. The average molecular weight is 454 g/mol. The van der Waals surface area contributed by atoms with E-state index in [-0.39, 0.29) is 23.1 Å². The second-order valence-corrected chi connectivity index (χ2v) is 10.0. The number of anilines is 1. The van der Waals surface area contributed by atoms with Crippen LogP contribution in [0.1, 0.15) is 24.3 Å². The monoisotopic (exact) mass is 453 g/mol. The van der Waals surface area contributed by atoms with E-state index < -0.39 is 15.9 Å². The lowest BCUT2D eigenvalue weighted by molar-refractivity contribution is -0.120. The number of rotatable bonds is 4. The van der Waals surface area contributed by atoms with Gasteiger partial charge in [-0.15, -0.1) is 0 Å². The normalized spacial score (nSPS) is 17.8. The van der Waals surface area contributed by atoms with Gasteiger partial charge in [0.15, 0.2) is 5.76 Å². The molecule has 5 rings (SSSR count). The molecule has 4 aromatic rings. The average Bonchev–Trinajstić information content (AvgIpc) is 3.32. The standard InChI is InChI=1S/C23H23N3O5S/c1-14-22(15(2)31-25-14)32(28,29)26-11-5-6-16(13-26)23(27)24-17-9-10-19-18-7-3-4-8-20(18)30-21(19)12-17/h3-4,7-10,12,16H,5-6,11,13H2,1-2H3,(H,24,27). The summed E-state index contributed by atoms with van der Waals surface area (Å²) in [7, 11) is -3.78. The van der Waals surface area contributed by atoms with Gasteiger partial charge < -0.3 is 14.3 Å². The molecule has 1 N–H and O–H groups in total. The summed E-state index contributed by atoms with van der Waals surface area (Å²) in [5.41, 5.74) is 2.43. The number of fused-ring (bicyclic) bond motifs is 3. The van der Waals surface area contributed by atoms with Crippen molar-refractivity contribution >= 4 is 43.6 Å². The third kappa shape index (κ3) is 3.47. The minimum absolute atomic E-state index is 0.0916. The van der Waals surface area contributed by atoms with Crippen molar-refractivity contribution in [3.63, 3.8) is 0 Å². The number of piperidine rings is 1. The lowest BCUT2D eigenvalue weighted by Gasteiger charge is -2.31. The van der Waals surface area contributed by atoms with Gasteiger partial charge in [-0.1, -0.05) is 23.4 Å². The number of carbonyl (C=O) groups is 1. The Bertz CT molecular complexity index is 1420. The van der Waals surface area contributed by atoms with Gasteiger partial charge in [0.05, 0.1) is 5.92 Å². The number of aryl methyl sites for hydroxylation is 2. The van der Waals surface area contributed by atoms with Gasteiger partial charge >= 0.3 is 0 Å². The molecule has 0 bridgehead atoms. The van der Waals surface area contributed by atoms with Crippen LogP contribution in [0.3, 0.4) is 0 Å². The Hall–Kier alpha value is -3.17. The zero-order chi connectivity index (χ0) is 22.5. The first-order valence-electron chi connectivity index (χ1n) is 10.5. The lowest BCUT2D eigenvalue weighted by Crippen LogP contribution is -2.43. The van der Waals surface area contributed by atoms with Crippen LogP contribution in [0.2, 0.25) is 0 Å². The van der Waals surface area contributed by atoms with Crippen LogP contribution in [0.5, 0.6) is 0 Å². The molecule has 1 amide bonds. The molecule has 0 radical (unpaired) electrons. The molecule has 166 valence electrons. The summed E-state index contributed by atoms with van der Waals surface area (Å²) in [5.74, 6) is -0.405. The highest BCUT2D eigenvalue weighted by molar-refractivity contribution is 7.89. The Morgan fingerprint density at radius 3 is 2.69 bits per heavy atom. The van der Waals surface area contributed by atoms with Crippen LogP contribution in [0.25, 0.3) is 21.9 Å². The molecule has 1 fully saturated rings. The Labute approximate surface area is 185 Å². The Morgan fingerprint density at radius 2 is 1.91 bits per heavy atom. The molecular formula is C23H23N3O5S. The van der Waals surface area contributed by atoms with Gasteiger partial charge in [0.2, 0.25) is 15.9 Å². The molecule has 2 aromatic heterocycles. The van der Waals surface area contributed by atoms with Gasteiger partial charge in [-0.3, -0.25) is 4.79 Å². The number of furan rings is 1. The fourth-order valence-corrected chi connectivity index (χ4v) is 6.21. The lowest BCUT2D eigenvalue weighted by atomic mass is 9.98. The van der Waals surface area contributed by atoms with Gasteiger partial charge in [-0.2, -0.15) is 4.31 Å². The van der Waals surface area contributed by atoms with Crippen LogP contribution >= 0.6 is 0 Å². The second-order valence-electron chi connectivity index (χ2n) is 8.15. The van der Waals surface area contributed by atoms with Crippen molar-refractivity contribution in [3.05, 3.63) is 53.9 Å². The maximum Gasteiger partial charge on any atom is 0.248 e. The molecule has 8 nitrogen and oxygen atoms in total. The number of carbonyl (C=O) groups excluding carboxylic acids is 1. The highest BCUT2D eigenvalue weighted by Gasteiger charge is 2.36. The number of hydrogen-bond donors (Lipinski definition) is 1. The second kappa shape index (κ2) is 7.75. The molecule has 32 heavy (non-hydrogen) atoms. The summed E-state index contributed by atoms with van der Waals surface area (Å²) in [5, 5.41) is 8.69. The molecule has 1 unspecified atom stereocenters. The molecule has 9 heteroatoms. The third-order valence-corrected chi connectivity index (χ3v) is 8.08. The van der Waals surface area contributed by atoms with Gasteiger partial charge in [-0.25, -0.2) is 8.42 Å². The zero-order valence-corrected chi connectivity index (χ0v) is 18.6. The predicted molar refractivity (Wildman–Crippen MR) is 120 cm³/mol. The van der Waals surface area contributed by atoms with E-state index in [2.05, 4.69) is 10.5 Å². The minimum Gasteiger partial charge on any atom is -0.456 e. The molecule has 2 aromatic carbocycles. The number of benzene rings is 2. The van der Waals surface area contributed by atoms with Crippen LogP contribution in [-0.4, -0.2) is 36.9 Å². The molecule has 1 aliphatic rings. The highest BCUT2D eigenvalue weighted by atomic mass is 32.2. The van der Waals surface area contributed by atoms with Crippen LogP contribution < -0.4 is 5.32 Å². The molecule has 0 spiro atoms. The van der Waals surface area contributed by atoms with Crippen molar-refractivity contribution in [2.45, 2.75) is 31.6 Å². The predicted octanol–water partition coefficient (Wildman–Crippen LogP) is 4.23. The van der Waals surface area contributed by atoms with E-state index in [0.29, 0.717) is 36.4 Å². The molecular weight excluding hydrogens is 430 g/mol. The molecule has 0 saturated carbocycles. The SMILES string of the molecule is Cc1noc(C)c1S(=O)(=O)N1CCCC(C(=O)Nc2ccc3c(c2)oc2ccccc23)C1. The summed E-state index contributed by atoms with van der Waals surface area (Å²) < 4.78 is 38.5. The topological polar surface area (TPSA) is 106 Å². The largest absolute Gasteiger partial charge is 0.456 e. The Kier molecular flexibility index (Phi) is 5.02. The van der Waals surface area contributed by atoms with Crippen molar-refractivity contribution in [3.8, 4) is 0 Å². The number of aromatic nitrogens is 1. The van der Waals surface area contributed by atoms with Crippen LogP contribution in [-0.2, 0) is 14.8 Å². The first kappa shape index (κ1) is 20.7. The molecule has 3 heterocycles. The van der Waals surface area contributed by atoms with Crippen LogP contribution in [0.4, 0.5) is 5.69 Å². The van der Waals surface area contributed by atoms with Crippen molar-refractivity contribution in [2.24, 2.45) is 5.92 Å². The summed E-state index contributed by atoms with van der Waals surface area (Å²) in [4.78, 5) is 13.1. The zero-order valence-electron chi connectivity index (χ0n) is 17.8. The molecule has 1 aliphatic heterocycles. The maximum absolute atomic E-state index is 13.1. The van der Waals surface area contributed by atoms with E-state index in [1.54, 1.807) is 19.9 Å². The van der Waals surface area contributed by atoms with E-state index in [9.17, 15) is 13.2 Å². The Morgan fingerprint density at radius 1 is 1.12 bits per heavy atom. The van der Waals surface area contributed by atoms with Gasteiger partial charge in [-0.05, 0) is 44.9 Å². The van der Waals surface area contributed by atoms with Crippen molar-refractivity contribution < 1.29 is 22.2 Å². The van der Waals surface area contributed by atoms with E-state index in [1.807, 2.05) is 36.4 Å². The van der Waals surface area contributed by atoms with E-state index in [1.165, 1.54) is 4.31 Å². The number of amides is 1. The maximum atomic E-state index is 13.1. The first-order valence-corrected chi connectivity index (χ1v) is 11.9. The third-order valence-electron chi connectivity index (χ3n) is 5.97. The summed E-state index contributed by atoms with van der Waals surface area (Å²) in [6, 6.07) is 13.3. The van der Waals surface area contributed by atoms with Gasteiger partial charge in [0.25, 0.3) is 0 Å². The van der Waals surface area contributed by atoms with Crippen LogP contribution in [0, 0.1) is 19.8 Å². The van der Waals surface area contributed by atoms with E-state index >= 15 is 0 Å². The van der Waals surface area contributed by atoms with Crippen molar-refractivity contribution in [1.29, 1.82) is 0 Å². The van der Waals surface area contributed by atoms with Crippen molar-refractivity contribution in [2.75, 3.05) is 18.4 Å². The number of hydrogen-bond acceptors (Lipinski definition) is 6. The van der Waals surface area contributed by atoms with Crippen LogP contribution in [0.15, 0.2) is 56.3 Å². The Balaban J connectivity index is 1.35. The highest BCUT2D eigenvalue weighted by Crippen LogP contribution is 2.31. The number of para-hydroxylation sites is 1. The smallest absolute Gasteiger partial charge is 0.248 e. The summed E-state index contributed by atoms with van der Waals surface area (Å²) >= 11 is 0. The fourth-order valence-electron chi connectivity index (χ4n) is 4.39. The number of nitrogens with one attached hydrogen (secondary N) is 1. The fraction of sp³-hybridized carbons (Fsp3) is 0.304. The molecule has 1 saturated heterocycles. The molecule has 0 aliphatic carbocycles. The number of nitrogens with zero attached hydrogens (tertiary/aromatic N) is 2. The van der Waals surface area contributed by atoms with E-state index in [4.69, 9.17) is 8.94 Å².